The van der Waals surface area contributed by atoms with Gasteiger partial charge < -0.3 is 10.1 Å². The smallest absolute Gasteiger partial charge is 0.264 e. The zero-order chi connectivity index (χ0) is 23.0. The highest BCUT2D eigenvalue weighted by Gasteiger charge is 2.29. The van der Waals surface area contributed by atoms with E-state index in [0.717, 1.165) is 23.6 Å². The highest BCUT2D eigenvalue weighted by atomic mass is 32.2. The number of amides is 1. The Labute approximate surface area is 189 Å². The van der Waals surface area contributed by atoms with Gasteiger partial charge in [-0.1, -0.05) is 55.8 Å². The van der Waals surface area contributed by atoms with Crippen LogP contribution in [0.1, 0.15) is 25.3 Å². The van der Waals surface area contributed by atoms with E-state index in [2.05, 4.69) is 12.2 Å². The molecular formula is C25H28N2O4S. The number of nitrogens with one attached hydrogen (secondary N) is 1. The third-order valence-corrected chi connectivity index (χ3v) is 6.80. The minimum atomic E-state index is -4.00. The number of benzene rings is 3. The Balaban J connectivity index is 1.87. The van der Waals surface area contributed by atoms with E-state index >= 15 is 0 Å². The van der Waals surface area contributed by atoms with Crippen molar-refractivity contribution < 1.29 is 17.9 Å². The molecule has 0 saturated heterocycles. The lowest BCUT2D eigenvalue weighted by Gasteiger charge is -2.25. The Morgan fingerprint density at radius 3 is 2.25 bits per heavy atom. The van der Waals surface area contributed by atoms with Crippen LogP contribution >= 0.6 is 0 Å². The molecule has 0 saturated carbocycles. The summed E-state index contributed by atoms with van der Waals surface area (Å²) in [6.45, 7) is 1.75. The first-order valence-electron chi connectivity index (χ1n) is 10.5. The van der Waals surface area contributed by atoms with Crippen molar-refractivity contribution >= 4 is 27.3 Å². The molecule has 1 amide bonds. The molecule has 3 rings (SSSR count). The molecule has 0 unspecified atom stereocenters. The van der Waals surface area contributed by atoms with Crippen LogP contribution in [-0.2, 0) is 21.2 Å². The number of sulfonamides is 1. The lowest BCUT2D eigenvalue weighted by atomic mass is 10.1. The topological polar surface area (TPSA) is 75.7 Å². The van der Waals surface area contributed by atoms with Crippen molar-refractivity contribution in [3.05, 3.63) is 84.4 Å². The number of carbonyl (C=O) groups is 1. The Bertz CT molecular complexity index is 1130. The molecule has 0 aliphatic rings. The second kappa shape index (κ2) is 10.8. The van der Waals surface area contributed by atoms with Crippen LogP contribution in [0.25, 0.3) is 0 Å². The van der Waals surface area contributed by atoms with Gasteiger partial charge in [0.2, 0.25) is 5.91 Å². The largest absolute Gasteiger partial charge is 0.495 e. The first-order valence-corrected chi connectivity index (χ1v) is 12.0. The average molecular weight is 453 g/mol. The van der Waals surface area contributed by atoms with Crippen molar-refractivity contribution in [2.75, 3.05) is 23.3 Å². The maximum absolute atomic E-state index is 13.4. The molecule has 3 aromatic carbocycles. The maximum atomic E-state index is 13.4. The first kappa shape index (κ1) is 23.3. The summed E-state index contributed by atoms with van der Waals surface area (Å²) in [5.74, 6) is -0.0863. The van der Waals surface area contributed by atoms with Crippen molar-refractivity contribution in [3.63, 3.8) is 0 Å². The number of anilines is 2. The van der Waals surface area contributed by atoms with Crippen LogP contribution in [0.2, 0.25) is 0 Å². The van der Waals surface area contributed by atoms with Crippen molar-refractivity contribution in [2.45, 2.75) is 31.1 Å². The van der Waals surface area contributed by atoms with Crippen molar-refractivity contribution in [1.82, 2.24) is 0 Å². The SMILES string of the molecule is CCCCc1ccc(NC(=O)CN(c2ccccc2OC)S(=O)(=O)c2ccccc2)cc1. The molecule has 3 aromatic rings. The third kappa shape index (κ3) is 5.68. The molecule has 0 aliphatic carbocycles. The summed E-state index contributed by atoms with van der Waals surface area (Å²) < 4.78 is 33.3. The second-order valence-corrected chi connectivity index (χ2v) is 9.21. The summed E-state index contributed by atoms with van der Waals surface area (Å²) in [5, 5.41) is 2.80. The quantitative estimate of drug-likeness (QED) is 0.476. The molecule has 6 nitrogen and oxygen atoms in total. The highest BCUT2D eigenvalue weighted by Crippen LogP contribution is 2.32. The van der Waals surface area contributed by atoms with E-state index in [1.54, 1.807) is 42.5 Å². The molecular weight excluding hydrogens is 424 g/mol. The summed E-state index contributed by atoms with van der Waals surface area (Å²) >= 11 is 0. The molecule has 0 bridgehead atoms. The zero-order valence-electron chi connectivity index (χ0n) is 18.3. The molecule has 1 N–H and O–H groups in total. The van der Waals surface area contributed by atoms with Gasteiger partial charge in [0.1, 0.15) is 12.3 Å². The number of para-hydroxylation sites is 2. The number of carbonyl (C=O) groups excluding carboxylic acids is 1. The number of ether oxygens (including phenoxy) is 1. The van der Waals surface area contributed by atoms with Gasteiger partial charge >= 0.3 is 0 Å². The Morgan fingerprint density at radius 1 is 0.938 bits per heavy atom. The van der Waals surface area contributed by atoms with Crippen LogP contribution in [0.15, 0.2) is 83.8 Å². The van der Waals surface area contributed by atoms with E-state index in [-0.39, 0.29) is 4.90 Å². The number of aryl methyl sites for hydroxylation is 1. The van der Waals surface area contributed by atoms with E-state index in [0.29, 0.717) is 17.1 Å². The van der Waals surface area contributed by atoms with Gasteiger partial charge in [0.25, 0.3) is 10.0 Å². The van der Waals surface area contributed by atoms with E-state index < -0.39 is 22.5 Å². The van der Waals surface area contributed by atoms with Crippen LogP contribution in [0.3, 0.4) is 0 Å². The van der Waals surface area contributed by atoms with E-state index in [4.69, 9.17) is 4.74 Å². The fourth-order valence-electron chi connectivity index (χ4n) is 3.32. The lowest BCUT2D eigenvalue weighted by molar-refractivity contribution is -0.114. The molecule has 168 valence electrons. The van der Waals surface area contributed by atoms with Gasteiger partial charge in [-0.25, -0.2) is 8.42 Å². The minimum Gasteiger partial charge on any atom is -0.495 e. The third-order valence-electron chi connectivity index (χ3n) is 5.03. The number of methoxy groups -OCH3 is 1. The molecule has 0 fully saturated rings. The zero-order valence-corrected chi connectivity index (χ0v) is 19.1. The van der Waals surface area contributed by atoms with Crippen molar-refractivity contribution in [1.29, 1.82) is 0 Å². The molecule has 32 heavy (non-hydrogen) atoms. The number of unbranched alkanes of at least 4 members (excludes halogenated alkanes) is 1. The van der Waals surface area contributed by atoms with Gasteiger partial charge in [-0.3, -0.25) is 9.10 Å². The summed E-state index contributed by atoms with van der Waals surface area (Å²) in [4.78, 5) is 13.0. The molecule has 0 atom stereocenters. The molecule has 0 aromatic heterocycles. The fraction of sp³-hybridized carbons (Fsp3) is 0.240. The fourth-order valence-corrected chi connectivity index (χ4v) is 4.77. The molecule has 0 radical (unpaired) electrons. The Hall–Kier alpha value is -3.32. The summed E-state index contributed by atoms with van der Waals surface area (Å²) in [7, 11) is -2.53. The molecule has 7 heteroatoms. The lowest BCUT2D eigenvalue weighted by Crippen LogP contribution is -2.38. The highest BCUT2D eigenvalue weighted by molar-refractivity contribution is 7.92. The van der Waals surface area contributed by atoms with Crippen LogP contribution in [0, 0.1) is 0 Å². The van der Waals surface area contributed by atoms with Gasteiger partial charge in [-0.05, 0) is 54.8 Å². The summed E-state index contributed by atoms with van der Waals surface area (Å²) in [6, 6.07) is 22.4. The number of hydrogen-bond donors (Lipinski definition) is 1. The Morgan fingerprint density at radius 2 is 1.59 bits per heavy atom. The van der Waals surface area contributed by atoms with Crippen LogP contribution < -0.4 is 14.4 Å². The van der Waals surface area contributed by atoms with Gasteiger partial charge in [0.05, 0.1) is 17.7 Å². The predicted molar refractivity (Wildman–Crippen MR) is 128 cm³/mol. The van der Waals surface area contributed by atoms with Gasteiger partial charge in [0.15, 0.2) is 0 Å². The predicted octanol–water partition coefficient (Wildman–Crippen LogP) is 4.87. The van der Waals surface area contributed by atoms with Crippen molar-refractivity contribution in [2.24, 2.45) is 0 Å². The van der Waals surface area contributed by atoms with E-state index in [9.17, 15) is 13.2 Å². The van der Waals surface area contributed by atoms with Crippen LogP contribution in [-0.4, -0.2) is 28.0 Å². The monoisotopic (exact) mass is 452 g/mol. The number of nitrogens with zero attached hydrogens (tertiary/aromatic N) is 1. The standard InChI is InChI=1S/C25H28N2O4S/c1-3-4-10-20-15-17-21(18-16-20)26-25(28)19-27(23-13-8-9-14-24(23)31-2)32(29,30)22-11-6-5-7-12-22/h5-9,11-18H,3-4,10,19H2,1-2H3,(H,26,28). The molecule has 0 spiro atoms. The first-order chi connectivity index (χ1) is 15.5. The number of hydrogen-bond acceptors (Lipinski definition) is 4. The Kier molecular flexibility index (Phi) is 7.89. The second-order valence-electron chi connectivity index (χ2n) is 7.35. The summed E-state index contributed by atoms with van der Waals surface area (Å²) in [6.07, 6.45) is 3.21. The average Bonchev–Trinajstić information content (AvgIpc) is 2.82. The van der Waals surface area contributed by atoms with E-state index in [1.807, 2.05) is 24.3 Å². The summed E-state index contributed by atoms with van der Waals surface area (Å²) in [5.41, 5.74) is 2.11. The minimum absolute atomic E-state index is 0.0963. The van der Waals surface area contributed by atoms with Gasteiger partial charge in [-0.2, -0.15) is 0 Å². The van der Waals surface area contributed by atoms with E-state index in [1.165, 1.54) is 24.8 Å². The molecule has 0 heterocycles. The van der Waals surface area contributed by atoms with Crippen LogP contribution in [0.5, 0.6) is 5.75 Å². The maximum Gasteiger partial charge on any atom is 0.264 e. The normalized spacial score (nSPS) is 11.1. The number of rotatable bonds is 10. The van der Waals surface area contributed by atoms with Crippen molar-refractivity contribution in [3.8, 4) is 5.75 Å². The molecule has 0 aliphatic heterocycles. The van der Waals surface area contributed by atoms with Gasteiger partial charge in [-0.15, -0.1) is 0 Å². The van der Waals surface area contributed by atoms with Gasteiger partial charge in [0, 0.05) is 5.69 Å². The van der Waals surface area contributed by atoms with Crippen LogP contribution in [0.4, 0.5) is 11.4 Å².